The second kappa shape index (κ2) is 5.14. The third-order valence-electron chi connectivity index (χ3n) is 3.00. The molecule has 0 bridgehead atoms. The van der Waals surface area contributed by atoms with E-state index >= 15 is 0 Å². The molecule has 0 radical (unpaired) electrons. The number of nitrogens with one attached hydrogen (secondary N) is 1. The van der Waals surface area contributed by atoms with E-state index in [4.69, 9.17) is 11.5 Å². The number of primary amides is 1. The summed E-state index contributed by atoms with van der Waals surface area (Å²) >= 11 is 0. The number of nitrogens with zero attached hydrogens (tertiary/aromatic N) is 1. The normalized spacial score (nSPS) is 16.1. The molecule has 6 heteroatoms. The maximum absolute atomic E-state index is 11.8. The maximum Gasteiger partial charge on any atom is 0.267 e. The highest BCUT2D eigenvalue weighted by molar-refractivity contribution is 5.95. The fourth-order valence-corrected chi connectivity index (χ4v) is 1.68. The third kappa shape index (κ3) is 3.04. The minimum Gasteiger partial charge on any atom is -0.364 e. The zero-order valence-corrected chi connectivity index (χ0v) is 9.93. The van der Waals surface area contributed by atoms with Crippen LogP contribution >= 0.6 is 0 Å². The Hall–Kier alpha value is -1.95. The largest absolute Gasteiger partial charge is 0.364 e. The monoisotopic (exact) mass is 248 g/mol. The van der Waals surface area contributed by atoms with Crippen LogP contribution in [0.25, 0.3) is 0 Å². The van der Waals surface area contributed by atoms with Gasteiger partial charge in [0, 0.05) is 18.8 Å². The first-order valence-corrected chi connectivity index (χ1v) is 5.87. The van der Waals surface area contributed by atoms with Crippen LogP contribution < -0.4 is 16.8 Å². The Morgan fingerprint density at radius 2 is 2.17 bits per heavy atom. The molecule has 1 aromatic heterocycles. The van der Waals surface area contributed by atoms with Gasteiger partial charge in [-0.2, -0.15) is 0 Å². The zero-order chi connectivity index (χ0) is 13.1. The van der Waals surface area contributed by atoms with Crippen LogP contribution in [0.15, 0.2) is 18.3 Å². The van der Waals surface area contributed by atoms with E-state index in [1.807, 2.05) is 0 Å². The molecule has 1 aromatic rings. The van der Waals surface area contributed by atoms with Crippen LogP contribution in [0.1, 0.15) is 33.7 Å². The summed E-state index contributed by atoms with van der Waals surface area (Å²) in [5.41, 5.74) is 11.5. The molecular formula is C12H16N4O2. The van der Waals surface area contributed by atoms with Crippen molar-refractivity contribution in [1.29, 1.82) is 0 Å². The van der Waals surface area contributed by atoms with Crippen molar-refractivity contribution in [2.24, 2.45) is 17.4 Å². The van der Waals surface area contributed by atoms with Crippen LogP contribution in [0.2, 0.25) is 0 Å². The number of rotatable bonds is 5. The standard InChI is InChI=1S/C12H16N4O2/c13-9(7-1-2-7)6-16-12(18)8-3-4-10(11(14)17)15-5-8/h3-5,7,9H,1-2,6,13H2,(H2,14,17)(H,16,18). The Balaban J connectivity index is 1.89. The van der Waals surface area contributed by atoms with E-state index < -0.39 is 5.91 Å². The molecule has 0 saturated heterocycles. The first-order chi connectivity index (χ1) is 8.58. The molecule has 1 heterocycles. The number of pyridine rings is 1. The highest BCUT2D eigenvalue weighted by Crippen LogP contribution is 2.31. The van der Waals surface area contributed by atoms with Gasteiger partial charge in [0.05, 0.1) is 5.56 Å². The molecule has 6 nitrogen and oxygen atoms in total. The van der Waals surface area contributed by atoms with Gasteiger partial charge in [-0.25, -0.2) is 0 Å². The molecule has 5 N–H and O–H groups in total. The van der Waals surface area contributed by atoms with Crippen molar-refractivity contribution >= 4 is 11.8 Å². The molecule has 0 aliphatic heterocycles. The van der Waals surface area contributed by atoms with Gasteiger partial charge >= 0.3 is 0 Å². The number of carbonyl (C=O) groups is 2. The van der Waals surface area contributed by atoms with E-state index in [0.29, 0.717) is 18.0 Å². The van der Waals surface area contributed by atoms with E-state index in [1.165, 1.54) is 18.3 Å². The SMILES string of the molecule is NC(=O)c1ccc(C(=O)NCC(N)C2CC2)cn1. The Kier molecular flexibility index (Phi) is 3.57. The van der Waals surface area contributed by atoms with E-state index in [9.17, 15) is 9.59 Å². The van der Waals surface area contributed by atoms with Crippen molar-refractivity contribution < 1.29 is 9.59 Å². The Morgan fingerprint density at radius 1 is 1.44 bits per heavy atom. The van der Waals surface area contributed by atoms with Crippen molar-refractivity contribution in [1.82, 2.24) is 10.3 Å². The fourth-order valence-electron chi connectivity index (χ4n) is 1.68. The molecule has 2 amide bonds. The molecule has 2 rings (SSSR count). The zero-order valence-electron chi connectivity index (χ0n) is 9.93. The summed E-state index contributed by atoms with van der Waals surface area (Å²) in [4.78, 5) is 26.4. The van der Waals surface area contributed by atoms with Gasteiger partial charge in [0.1, 0.15) is 5.69 Å². The van der Waals surface area contributed by atoms with Crippen molar-refractivity contribution in [3.05, 3.63) is 29.6 Å². The first-order valence-electron chi connectivity index (χ1n) is 5.87. The first kappa shape index (κ1) is 12.5. The lowest BCUT2D eigenvalue weighted by Gasteiger charge is -2.11. The Morgan fingerprint density at radius 3 is 2.67 bits per heavy atom. The smallest absolute Gasteiger partial charge is 0.267 e. The summed E-state index contributed by atoms with van der Waals surface area (Å²) in [6.45, 7) is 0.459. The van der Waals surface area contributed by atoms with Crippen LogP contribution in [-0.4, -0.2) is 29.4 Å². The summed E-state index contributed by atoms with van der Waals surface area (Å²) in [7, 11) is 0. The highest BCUT2D eigenvalue weighted by Gasteiger charge is 2.28. The van der Waals surface area contributed by atoms with Crippen LogP contribution in [0, 0.1) is 5.92 Å². The summed E-state index contributed by atoms with van der Waals surface area (Å²) in [5, 5.41) is 2.75. The quantitative estimate of drug-likeness (QED) is 0.661. The molecule has 1 aliphatic carbocycles. The van der Waals surface area contributed by atoms with Gasteiger partial charge in [0.15, 0.2) is 0 Å². The molecule has 1 atom stereocenters. The van der Waals surface area contributed by atoms with Crippen molar-refractivity contribution in [3.63, 3.8) is 0 Å². The van der Waals surface area contributed by atoms with E-state index in [0.717, 1.165) is 12.8 Å². The van der Waals surface area contributed by atoms with E-state index in [1.54, 1.807) is 0 Å². The average molecular weight is 248 g/mol. The minimum atomic E-state index is -0.613. The number of aromatic nitrogens is 1. The molecule has 1 aliphatic rings. The van der Waals surface area contributed by atoms with Crippen molar-refractivity contribution in [2.75, 3.05) is 6.54 Å². The fraction of sp³-hybridized carbons (Fsp3) is 0.417. The van der Waals surface area contributed by atoms with Crippen molar-refractivity contribution in [2.45, 2.75) is 18.9 Å². The van der Waals surface area contributed by atoms with Gasteiger partial charge in [0.25, 0.3) is 11.8 Å². The number of nitrogens with two attached hydrogens (primary N) is 2. The Labute approximate surface area is 105 Å². The van der Waals surface area contributed by atoms with Gasteiger partial charge in [-0.3, -0.25) is 14.6 Å². The van der Waals surface area contributed by atoms with Crippen LogP contribution in [0.4, 0.5) is 0 Å². The van der Waals surface area contributed by atoms with Crippen LogP contribution in [-0.2, 0) is 0 Å². The topological polar surface area (TPSA) is 111 Å². The lowest BCUT2D eigenvalue weighted by Crippen LogP contribution is -2.38. The second-order valence-corrected chi connectivity index (χ2v) is 4.51. The third-order valence-corrected chi connectivity index (χ3v) is 3.00. The molecular weight excluding hydrogens is 232 g/mol. The number of carbonyl (C=O) groups excluding carboxylic acids is 2. The van der Waals surface area contributed by atoms with E-state index in [-0.39, 0.29) is 17.6 Å². The van der Waals surface area contributed by atoms with Gasteiger partial charge in [-0.1, -0.05) is 0 Å². The highest BCUT2D eigenvalue weighted by atomic mass is 16.2. The molecule has 1 fully saturated rings. The summed E-state index contributed by atoms with van der Waals surface area (Å²) < 4.78 is 0. The van der Waals surface area contributed by atoms with Gasteiger partial charge in [0.2, 0.25) is 0 Å². The Bertz CT molecular complexity index is 454. The molecule has 1 unspecified atom stereocenters. The van der Waals surface area contributed by atoms with Crippen molar-refractivity contribution in [3.8, 4) is 0 Å². The molecule has 96 valence electrons. The summed E-state index contributed by atoms with van der Waals surface area (Å²) in [6, 6.07) is 2.97. The maximum atomic E-state index is 11.8. The molecule has 1 saturated carbocycles. The van der Waals surface area contributed by atoms with Crippen LogP contribution in [0.5, 0.6) is 0 Å². The molecule has 18 heavy (non-hydrogen) atoms. The average Bonchev–Trinajstić information content (AvgIpc) is 3.20. The number of hydrogen-bond donors (Lipinski definition) is 3. The van der Waals surface area contributed by atoms with Crippen LogP contribution in [0.3, 0.4) is 0 Å². The second-order valence-electron chi connectivity index (χ2n) is 4.51. The van der Waals surface area contributed by atoms with Gasteiger partial charge < -0.3 is 16.8 Å². The van der Waals surface area contributed by atoms with Gasteiger partial charge in [-0.05, 0) is 30.9 Å². The van der Waals surface area contributed by atoms with Gasteiger partial charge in [-0.15, -0.1) is 0 Å². The number of amides is 2. The van der Waals surface area contributed by atoms with E-state index in [2.05, 4.69) is 10.3 Å². The molecule has 0 aromatic carbocycles. The number of hydrogen-bond acceptors (Lipinski definition) is 4. The summed E-state index contributed by atoms with van der Waals surface area (Å²) in [5.74, 6) is -0.312. The predicted octanol–water partition coefficient (Wildman–Crippen LogP) is -0.352. The predicted molar refractivity (Wildman–Crippen MR) is 65.8 cm³/mol. The lowest BCUT2D eigenvalue weighted by molar-refractivity contribution is 0.0946. The lowest BCUT2D eigenvalue weighted by atomic mass is 10.2. The minimum absolute atomic E-state index is 0.0202. The summed E-state index contributed by atoms with van der Waals surface area (Å²) in [6.07, 6.45) is 3.62. The molecule has 0 spiro atoms.